The van der Waals surface area contributed by atoms with Crippen molar-refractivity contribution in [2.75, 3.05) is 13.7 Å². The Hall–Kier alpha value is -0.650. The van der Waals surface area contributed by atoms with Crippen molar-refractivity contribution < 1.29 is 4.74 Å². The average molecular weight is 333 g/mol. The van der Waals surface area contributed by atoms with Crippen molar-refractivity contribution in [2.24, 2.45) is 0 Å². The van der Waals surface area contributed by atoms with Gasteiger partial charge in [-0.2, -0.15) is 0 Å². The summed E-state index contributed by atoms with van der Waals surface area (Å²) < 4.78 is 8.07. The van der Waals surface area contributed by atoms with Crippen molar-refractivity contribution >= 4 is 38.7 Å². The number of hydrogen-bond acceptors (Lipinski definition) is 3. The number of hydrogen-bond donors (Lipinski definition) is 0. The van der Waals surface area contributed by atoms with Gasteiger partial charge in [0, 0.05) is 30.9 Å². The molecule has 2 heterocycles. The monoisotopic (exact) mass is 331 g/mol. The fourth-order valence-corrected chi connectivity index (χ4v) is 2.38. The summed E-state index contributed by atoms with van der Waals surface area (Å²) >= 11 is 9.58. The first-order chi connectivity index (χ1) is 8.63. The van der Waals surface area contributed by atoms with Crippen LogP contribution in [-0.4, -0.2) is 28.3 Å². The molecule has 18 heavy (non-hydrogen) atoms. The molecule has 2 rings (SSSR count). The van der Waals surface area contributed by atoms with Crippen molar-refractivity contribution in [3.63, 3.8) is 0 Å². The van der Waals surface area contributed by atoms with Crippen LogP contribution in [0, 0.1) is 0 Å². The van der Waals surface area contributed by atoms with E-state index < -0.39 is 0 Å². The molecular formula is C12H15BrClN3O. The zero-order chi connectivity index (χ0) is 13.1. The summed E-state index contributed by atoms with van der Waals surface area (Å²) in [7, 11) is 1.70. The van der Waals surface area contributed by atoms with Crippen LogP contribution < -0.4 is 0 Å². The first kappa shape index (κ1) is 13.8. The lowest BCUT2D eigenvalue weighted by Crippen LogP contribution is -2.07. The molecule has 0 aliphatic heterocycles. The normalized spacial score (nSPS) is 13.1. The molecule has 1 atom stereocenters. The predicted molar refractivity (Wildman–Crippen MR) is 76.0 cm³/mol. The van der Waals surface area contributed by atoms with Crippen molar-refractivity contribution in [2.45, 2.75) is 25.3 Å². The molecule has 0 spiro atoms. The van der Waals surface area contributed by atoms with Crippen LogP contribution in [0.4, 0.5) is 0 Å². The Labute approximate surface area is 119 Å². The maximum Gasteiger partial charge on any atom is 0.160 e. The largest absolute Gasteiger partial charge is 0.385 e. The highest BCUT2D eigenvalue weighted by Gasteiger charge is 2.15. The van der Waals surface area contributed by atoms with Gasteiger partial charge in [0.2, 0.25) is 0 Å². The van der Waals surface area contributed by atoms with Crippen LogP contribution in [0.5, 0.6) is 0 Å². The molecule has 4 nitrogen and oxygen atoms in total. The fraction of sp³-hybridized carbons (Fsp3) is 0.500. The maximum absolute atomic E-state index is 6.18. The molecule has 0 aliphatic carbocycles. The van der Waals surface area contributed by atoms with Crippen LogP contribution in [0.25, 0.3) is 11.2 Å². The van der Waals surface area contributed by atoms with Gasteiger partial charge in [0.1, 0.15) is 11.3 Å². The highest BCUT2D eigenvalue weighted by molar-refractivity contribution is 9.10. The number of alkyl halides is 1. The van der Waals surface area contributed by atoms with Crippen molar-refractivity contribution in [3.05, 3.63) is 22.6 Å². The average Bonchev–Trinajstić information content (AvgIpc) is 2.68. The zero-order valence-electron chi connectivity index (χ0n) is 10.4. The third kappa shape index (κ3) is 2.84. The number of imidazole rings is 1. The van der Waals surface area contributed by atoms with E-state index >= 15 is 0 Å². The molecule has 0 aromatic carbocycles. The van der Waals surface area contributed by atoms with Crippen molar-refractivity contribution in [3.8, 4) is 0 Å². The van der Waals surface area contributed by atoms with E-state index in [1.165, 1.54) is 0 Å². The molecule has 6 heteroatoms. The molecule has 0 aliphatic rings. The lowest BCUT2D eigenvalue weighted by molar-refractivity contribution is 0.190. The zero-order valence-corrected chi connectivity index (χ0v) is 12.7. The van der Waals surface area contributed by atoms with Crippen LogP contribution in [0.15, 0.2) is 16.7 Å². The molecule has 0 radical (unpaired) electrons. The van der Waals surface area contributed by atoms with Gasteiger partial charge in [-0.05, 0) is 35.3 Å². The molecule has 2 aromatic heterocycles. The second-order valence-corrected chi connectivity index (χ2v) is 5.65. The van der Waals surface area contributed by atoms with Gasteiger partial charge >= 0.3 is 0 Å². The quantitative estimate of drug-likeness (QED) is 0.621. The molecular weight excluding hydrogens is 318 g/mol. The first-order valence-corrected chi connectivity index (χ1v) is 7.01. The van der Waals surface area contributed by atoms with Crippen LogP contribution in [-0.2, 0) is 11.3 Å². The van der Waals surface area contributed by atoms with Gasteiger partial charge in [-0.3, -0.25) is 0 Å². The van der Waals surface area contributed by atoms with Gasteiger partial charge < -0.3 is 9.30 Å². The summed E-state index contributed by atoms with van der Waals surface area (Å²) in [5.41, 5.74) is 1.74. The van der Waals surface area contributed by atoms with Crippen LogP contribution >= 0.6 is 27.5 Å². The van der Waals surface area contributed by atoms with E-state index in [9.17, 15) is 0 Å². The highest BCUT2D eigenvalue weighted by Crippen LogP contribution is 2.25. The Balaban J connectivity index is 2.42. The smallest absolute Gasteiger partial charge is 0.160 e. The molecule has 0 bridgehead atoms. The predicted octanol–water partition coefficient (Wildman–Crippen LogP) is 3.53. The van der Waals surface area contributed by atoms with Gasteiger partial charge in [-0.25, -0.2) is 9.97 Å². The highest BCUT2D eigenvalue weighted by atomic mass is 79.9. The number of aryl methyl sites for hydroxylation is 1. The van der Waals surface area contributed by atoms with Gasteiger partial charge in [0.25, 0.3) is 0 Å². The third-order valence-corrected chi connectivity index (χ3v) is 3.30. The number of methoxy groups -OCH3 is 1. The van der Waals surface area contributed by atoms with Gasteiger partial charge in [0.15, 0.2) is 5.65 Å². The first-order valence-electron chi connectivity index (χ1n) is 5.78. The summed E-state index contributed by atoms with van der Waals surface area (Å²) in [6, 6.07) is 1.96. The second kappa shape index (κ2) is 5.99. The molecule has 0 saturated heterocycles. The lowest BCUT2D eigenvalue weighted by atomic mass is 10.4. The van der Waals surface area contributed by atoms with Crippen molar-refractivity contribution in [1.29, 1.82) is 0 Å². The van der Waals surface area contributed by atoms with Crippen molar-refractivity contribution in [1.82, 2.24) is 14.5 Å². The van der Waals surface area contributed by atoms with Gasteiger partial charge in [-0.1, -0.05) is 0 Å². The van der Waals surface area contributed by atoms with E-state index in [0.29, 0.717) is 6.61 Å². The lowest BCUT2D eigenvalue weighted by Gasteiger charge is -2.09. The maximum atomic E-state index is 6.18. The van der Waals surface area contributed by atoms with Crippen LogP contribution in [0.3, 0.4) is 0 Å². The number of ether oxygens (including phenoxy) is 1. The number of aromatic nitrogens is 3. The summed E-state index contributed by atoms with van der Waals surface area (Å²) in [6.45, 7) is 3.45. The van der Waals surface area contributed by atoms with E-state index in [1.807, 2.05) is 13.0 Å². The molecule has 0 fully saturated rings. The Bertz CT molecular complexity index is 541. The number of fused-ring (bicyclic) bond motifs is 1. The van der Waals surface area contributed by atoms with Gasteiger partial charge in [0.05, 0.1) is 5.38 Å². The molecule has 1 unspecified atom stereocenters. The third-order valence-electron chi connectivity index (χ3n) is 2.67. The Morgan fingerprint density at radius 3 is 3.00 bits per heavy atom. The second-order valence-electron chi connectivity index (χ2n) is 4.08. The number of pyridine rings is 1. The summed E-state index contributed by atoms with van der Waals surface area (Å²) in [6.07, 6.45) is 2.69. The van der Waals surface area contributed by atoms with E-state index in [-0.39, 0.29) is 5.38 Å². The Morgan fingerprint density at radius 2 is 2.33 bits per heavy atom. The summed E-state index contributed by atoms with van der Waals surface area (Å²) in [5.74, 6) is 0.855. The molecule has 2 aromatic rings. The molecule has 0 saturated carbocycles. The standard InChI is InChI=1S/C12H15BrClN3O/c1-8(14)11-16-10-6-9(13)7-15-12(10)17(11)4-3-5-18-2/h6-8H,3-5H2,1-2H3. The Morgan fingerprint density at radius 1 is 1.56 bits per heavy atom. The summed E-state index contributed by atoms with van der Waals surface area (Å²) in [5, 5.41) is -0.138. The van der Waals surface area contributed by atoms with E-state index in [2.05, 4.69) is 30.5 Å². The fourth-order valence-electron chi connectivity index (χ4n) is 1.90. The van der Waals surface area contributed by atoms with Crippen LogP contribution in [0.2, 0.25) is 0 Å². The topological polar surface area (TPSA) is 39.9 Å². The summed E-state index contributed by atoms with van der Waals surface area (Å²) in [4.78, 5) is 8.97. The number of rotatable bonds is 5. The SMILES string of the molecule is COCCCn1c(C(C)Cl)nc2cc(Br)cnc21. The minimum Gasteiger partial charge on any atom is -0.385 e. The van der Waals surface area contributed by atoms with E-state index in [4.69, 9.17) is 16.3 Å². The van der Waals surface area contributed by atoms with Crippen LogP contribution in [0.1, 0.15) is 24.5 Å². The molecule has 98 valence electrons. The molecule has 0 N–H and O–H groups in total. The number of halogens is 2. The van der Waals surface area contributed by atoms with Gasteiger partial charge in [-0.15, -0.1) is 11.6 Å². The molecule has 0 amide bonds. The van der Waals surface area contributed by atoms with E-state index in [0.717, 1.165) is 34.4 Å². The number of nitrogens with zero attached hydrogens (tertiary/aromatic N) is 3. The van der Waals surface area contributed by atoms with E-state index in [1.54, 1.807) is 13.3 Å². The Kier molecular flexibility index (Phi) is 4.59. The minimum absolute atomic E-state index is 0.138. The minimum atomic E-state index is -0.138.